The third-order valence-corrected chi connectivity index (χ3v) is 2.98. The average molecular weight is 247 g/mol. The first-order chi connectivity index (χ1) is 7.46. The van der Waals surface area contributed by atoms with Gasteiger partial charge in [-0.3, -0.25) is 0 Å². The van der Waals surface area contributed by atoms with Gasteiger partial charge in [-0.25, -0.2) is 8.78 Å². The van der Waals surface area contributed by atoms with Gasteiger partial charge in [0.2, 0.25) is 0 Å². The van der Waals surface area contributed by atoms with Crippen molar-refractivity contribution in [1.29, 1.82) is 0 Å². The largest absolute Gasteiger partial charge is 0.399 e. The number of piperidine rings is 1. The standard InChI is InChI=1S/C11H13ClF2N2/c12-8-5-9(15)7-10(6-8)16-3-1-11(13,14)2-4-16/h5-7H,1-4,15H2. The molecule has 0 aromatic heterocycles. The zero-order chi connectivity index (χ0) is 11.8. The Balaban J connectivity index is 2.14. The van der Waals surface area contributed by atoms with Crippen molar-refractivity contribution in [1.82, 2.24) is 0 Å². The third-order valence-electron chi connectivity index (χ3n) is 2.76. The number of anilines is 2. The van der Waals surface area contributed by atoms with Crippen LogP contribution in [0.4, 0.5) is 20.2 Å². The molecule has 0 bridgehead atoms. The molecular weight excluding hydrogens is 234 g/mol. The van der Waals surface area contributed by atoms with Crippen molar-refractivity contribution < 1.29 is 8.78 Å². The zero-order valence-electron chi connectivity index (χ0n) is 8.72. The van der Waals surface area contributed by atoms with Crippen LogP contribution in [0.5, 0.6) is 0 Å². The van der Waals surface area contributed by atoms with Crippen molar-refractivity contribution >= 4 is 23.0 Å². The number of alkyl halides is 2. The number of halogens is 3. The molecule has 1 heterocycles. The van der Waals surface area contributed by atoms with Crippen molar-refractivity contribution in [3.8, 4) is 0 Å². The highest BCUT2D eigenvalue weighted by atomic mass is 35.5. The maximum absolute atomic E-state index is 13.0. The van der Waals surface area contributed by atoms with E-state index in [-0.39, 0.29) is 12.8 Å². The van der Waals surface area contributed by atoms with Crippen LogP contribution in [0.25, 0.3) is 0 Å². The fourth-order valence-electron chi connectivity index (χ4n) is 1.87. The molecule has 1 aromatic rings. The molecule has 0 spiro atoms. The number of benzene rings is 1. The third kappa shape index (κ3) is 2.55. The number of nitrogen functional groups attached to an aromatic ring is 1. The van der Waals surface area contributed by atoms with Crippen LogP contribution in [-0.4, -0.2) is 19.0 Å². The van der Waals surface area contributed by atoms with Crippen LogP contribution in [0.2, 0.25) is 5.02 Å². The topological polar surface area (TPSA) is 29.3 Å². The highest BCUT2D eigenvalue weighted by molar-refractivity contribution is 6.31. The van der Waals surface area contributed by atoms with Crippen molar-refractivity contribution in [2.24, 2.45) is 0 Å². The highest BCUT2D eigenvalue weighted by Gasteiger charge is 2.34. The second-order valence-corrected chi connectivity index (χ2v) is 4.52. The van der Waals surface area contributed by atoms with Crippen molar-refractivity contribution in [2.45, 2.75) is 18.8 Å². The van der Waals surface area contributed by atoms with Gasteiger partial charge in [0.05, 0.1) is 0 Å². The fourth-order valence-corrected chi connectivity index (χ4v) is 2.11. The molecule has 2 N–H and O–H groups in total. The molecule has 0 radical (unpaired) electrons. The van der Waals surface area contributed by atoms with E-state index in [9.17, 15) is 8.78 Å². The van der Waals surface area contributed by atoms with Gasteiger partial charge in [0.15, 0.2) is 0 Å². The maximum atomic E-state index is 13.0. The molecule has 0 atom stereocenters. The lowest BCUT2D eigenvalue weighted by Gasteiger charge is -2.33. The predicted octanol–water partition coefficient (Wildman–Crippen LogP) is 3.16. The van der Waals surface area contributed by atoms with E-state index in [0.29, 0.717) is 23.8 Å². The summed E-state index contributed by atoms with van der Waals surface area (Å²) < 4.78 is 25.9. The summed E-state index contributed by atoms with van der Waals surface area (Å²) in [6, 6.07) is 5.15. The molecule has 16 heavy (non-hydrogen) atoms. The first kappa shape index (κ1) is 11.5. The Morgan fingerprint density at radius 2 is 1.81 bits per heavy atom. The van der Waals surface area contributed by atoms with Gasteiger partial charge >= 0.3 is 0 Å². The smallest absolute Gasteiger partial charge is 0.251 e. The van der Waals surface area contributed by atoms with Gasteiger partial charge < -0.3 is 10.6 Å². The molecule has 1 aliphatic heterocycles. The highest BCUT2D eigenvalue weighted by Crippen LogP contribution is 2.32. The molecule has 88 valence electrons. The number of nitrogens with zero attached hydrogens (tertiary/aromatic N) is 1. The van der Waals surface area contributed by atoms with Gasteiger partial charge in [-0.15, -0.1) is 0 Å². The second kappa shape index (κ2) is 4.09. The lowest BCUT2D eigenvalue weighted by Crippen LogP contribution is -2.39. The number of hydrogen-bond acceptors (Lipinski definition) is 2. The predicted molar refractivity (Wildman–Crippen MR) is 62.3 cm³/mol. The minimum absolute atomic E-state index is 0.112. The van der Waals surface area contributed by atoms with Crippen LogP contribution >= 0.6 is 11.6 Å². The molecule has 5 heteroatoms. The van der Waals surface area contributed by atoms with Gasteiger partial charge in [0.25, 0.3) is 5.92 Å². The lowest BCUT2D eigenvalue weighted by atomic mass is 10.1. The van der Waals surface area contributed by atoms with E-state index in [1.807, 2.05) is 4.90 Å². The Morgan fingerprint density at radius 3 is 2.38 bits per heavy atom. The van der Waals surface area contributed by atoms with E-state index in [4.69, 9.17) is 17.3 Å². The van der Waals surface area contributed by atoms with Crippen LogP contribution in [0.3, 0.4) is 0 Å². The second-order valence-electron chi connectivity index (χ2n) is 4.09. The first-order valence-corrected chi connectivity index (χ1v) is 5.53. The van der Waals surface area contributed by atoms with E-state index < -0.39 is 5.92 Å². The summed E-state index contributed by atoms with van der Waals surface area (Å²) in [6.07, 6.45) is -0.223. The van der Waals surface area contributed by atoms with Crippen LogP contribution in [0, 0.1) is 0 Å². The molecule has 0 amide bonds. The van der Waals surface area contributed by atoms with Crippen molar-refractivity contribution in [3.63, 3.8) is 0 Å². The normalized spacial score (nSPS) is 19.8. The van der Waals surface area contributed by atoms with E-state index in [1.165, 1.54) is 0 Å². The Morgan fingerprint density at radius 1 is 1.19 bits per heavy atom. The Labute approximate surface area is 98.0 Å². The summed E-state index contributed by atoms with van der Waals surface area (Å²) in [4.78, 5) is 1.89. The van der Waals surface area contributed by atoms with Gasteiger partial charge in [0.1, 0.15) is 0 Å². The molecule has 2 nitrogen and oxygen atoms in total. The summed E-state index contributed by atoms with van der Waals surface area (Å²) in [5.74, 6) is -2.53. The quantitative estimate of drug-likeness (QED) is 0.772. The van der Waals surface area contributed by atoms with Crippen LogP contribution in [0.15, 0.2) is 18.2 Å². The lowest BCUT2D eigenvalue weighted by molar-refractivity contribution is -0.0220. The SMILES string of the molecule is Nc1cc(Cl)cc(N2CCC(F)(F)CC2)c1. The molecule has 1 saturated heterocycles. The van der Waals surface area contributed by atoms with Crippen molar-refractivity contribution in [2.75, 3.05) is 23.7 Å². The minimum Gasteiger partial charge on any atom is -0.399 e. The molecule has 0 unspecified atom stereocenters. The average Bonchev–Trinajstić information content (AvgIpc) is 2.15. The summed E-state index contributed by atoms with van der Waals surface area (Å²) in [6.45, 7) is 0.680. The molecule has 2 rings (SSSR count). The van der Waals surface area contributed by atoms with E-state index in [2.05, 4.69) is 0 Å². The van der Waals surface area contributed by atoms with Crippen LogP contribution in [0.1, 0.15) is 12.8 Å². The van der Waals surface area contributed by atoms with Crippen LogP contribution < -0.4 is 10.6 Å². The molecule has 1 fully saturated rings. The number of nitrogens with two attached hydrogens (primary N) is 1. The Hall–Kier alpha value is -1.03. The van der Waals surface area contributed by atoms with Crippen LogP contribution in [-0.2, 0) is 0 Å². The fraction of sp³-hybridized carbons (Fsp3) is 0.455. The molecule has 0 saturated carbocycles. The molecule has 1 aromatic carbocycles. The minimum atomic E-state index is -2.53. The Bertz CT molecular complexity index is 365. The van der Waals surface area contributed by atoms with E-state index >= 15 is 0 Å². The summed E-state index contributed by atoms with van der Waals surface area (Å²) >= 11 is 5.87. The summed E-state index contributed by atoms with van der Waals surface area (Å²) in [5, 5.41) is 0.535. The van der Waals surface area contributed by atoms with E-state index in [1.54, 1.807) is 18.2 Å². The van der Waals surface area contributed by atoms with Gasteiger partial charge in [-0.05, 0) is 18.2 Å². The molecular formula is C11H13ClF2N2. The molecule has 0 aliphatic carbocycles. The van der Waals surface area contributed by atoms with Crippen molar-refractivity contribution in [3.05, 3.63) is 23.2 Å². The summed E-state index contributed by atoms with van der Waals surface area (Å²) in [5.41, 5.74) is 7.04. The van der Waals surface area contributed by atoms with Gasteiger partial charge in [-0.2, -0.15) is 0 Å². The maximum Gasteiger partial charge on any atom is 0.251 e. The monoisotopic (exact) mass is 246 g/mol. The molecule has 1 aliphatic rings. The zero-order valence-corrected chi connectivity index (χ0v) is 9.47. The van der Waals surface area contributed by atoms with E-state index in [0.717, 1.165) is 5.69 Å². The van der Waals surface area contributed by atoms with Gasteiger partial charge in [0, 0.05) is 42.3 Å². The number of rotatable bonds is 1. The summed E-state index contributed by atoms with van der Waals surface area (Å²) in [7, 11) is 0. The Kier molecular flexibility index (Phi) is 2.93. The first-order valence-electron chi connectivity index (χ1n) is 5.15. The van der Waals surface area contributed by atoms with Gasteiger partial charge in [-0.1, -0.05) is 11.6 Å². The number of hydrogen-bond donors (Lipinski definition) is 1.